The van der Waals surface area contributed by atoms with Crippen molar-refractivity contribution in [3.8, 4) is 17.2 Å². The minimum Gasteiger partial charge on any atom is -0.493 e. The minimum atomic E-state index is -0.687. The van der Waals surface area contributed by atoms with Crippen LogP contribution in [0, 0.1) is 17.0 Å². The molecule has 2 aromatic rings. The van der Waals surface area contributed by atoms with Gasteiger partial charge in [0.05, 0.1) is 26.3 Å². The number of hydrogen-bond acceptors (Lipinski definition) is 6. The van der Waals surface area contributed by atoms with E-state index in [4.69, 9.17) is 14.2 Å². The second kappa shape index (κ2) is 7.52. The quantitative estimate of drug-likeness (QED) is 0.637. The number of carbonyl (C=O) groups excluding carboxylic acids is 1. The molecule has 0 fully saturated rings. The third-order valence-electron chi connectivity index (χ3n) is 3.62. The Bertz CT molecular complexity index is 819. The fourth-order valence-electron chi connectivity index (χ4n) is 2.40. The van der Waals surface area contributed by atoms with E-state index in [9.17, 15) is 14.9 Å². The van der Waals surface area contributed by atoms with Crippen molar-refractivity contribution in [1.82, 2.24) is 0 Å². The molecule has 0 atom stereocenters. The highest BCUT2D eigenvalue weighted by Crippen LogP contribution is 2.46. The van der Waals surface area contributed by atoms with Gasteiger partial charge in [0.2, 0.25) is 11.5 Å². The van der Waals surface area contributed by atoms with Crippen LogP contribution in [-0.4, -0.2) is 32.2 Å². The third-order valence-corrected chi connectivity index (χ3v) is 3.62. The molecule has 0 saturated heterocycles. The predicted octanol–water partition coefficient (Wildman–Crippen LogP) is 3.18. The Balaban J connectivity index is 2.61. The van der Waals surface area contributed by atoms with Gasteiger partial charge in [0.25, 0.3) is 5.91 Å². The van der Waals surface area contributed by atoms with Gasteiger partial charge in [0, 0.05) is 11.8 Å². The molecule has 1 N–H and O–H groups in total. The summed E-state index contributed by atoms with van der Waals surface area (Å²) in [6.07, 6.45) is 0. The number of ether oxygens (including phenoxy) is 3. The van der Waals surface area contributed by atoms with E-state index in [1.54, 1.807) is 12.1 Å². The average Bonchev–Trinajstić information content (AvgIpc) is 2.61. The molecule has 8 heteroatoms. The zero-order chi connectivity index (χ0) is 18.6. The third kappa shape index (κ3) is 3.47. The van der Waals surface area contributed by atoms with E-state index in [0.717, 1.165) is 5.56 Å². The highest BCUT2D eigenvalue weighted by molar-refractivity contribution is 6.08. The molecule has 0 unspecified atom stereocenters. The topological polar surface area (TPSA) is 99.9 Å². The molecule has 0 aliphatic heterocycles. The molecule has 25 heavy (non-hydrogen) atoms. The number of aryl methyl sites for hydroxylation is 1. The highest BCUT2D eigenvalue weighted by Gasteiger charge is 2.32. The first-order valence-electron chi connectivity index (χ1n) is 7.28. The van der Waals surface area contributed by atoms with E-state index >= 15 is 0 Å². The van der Waals surface area contributed by atoms with Crippen molar-refractivity contribution in [1.29, 1.82) is 0 Å². The normalized spacial score (nSPS) is 10.1. The minimum absolute atomic E-state index is 0.0455. The number of nitro groups is 1. The monoisotopic (exact) mass is 346 g/mol. The Labute approximate surface area is 144 Å². The van der Waals surface area contributed by atoms with E-state index in [2.05, 4.69) is 5.32 Å². The first-order chi connectivity index (χ1) is 11.9. The van der Waals surface area contributed by atoms with Crippen LogP contribution in [-0.2, 0) is 0 Å². The van der Waals surface area contributed by atoms with E-state index in [1.807, 2.05) is 19.1 Å². The molecule has 132 valence electrons. The number of hydrogen-bond donors (Lipinski definition) is 1. The average molecular weight is 346 g/mol. The van der Waals surface area contributed by atoms with Gasteiger partial charge < -0.3 is 19.5 Å². The van der Waals surface area contributed by atoms with Gasteiger partial charge in [-0.25, -0.2) is 0 Å². The zero-order valence-electron chi connectivity index (χ0n) is 14.3. The molecule has 0 aromatic heterocycles. The van der Waals surface area contributed by atoms with E-state index in [0.29, 0.717) is 5.69 Å². The molecule has 0 heterocycles. The van der Waals surface area contributed by atoms with Crippen LogP contribution >= 0.6 is 0 Å². The predicted molar refractivity (Wildman–Crippen MR) is 91.9 cm³/mol. The lowest BCUT2D eigenvalue weighted by Gasteiger charge is -2.15. The van der Waals surface area contributed by atoms with Gasteiger partial charge in [-0.15, -0.1) is 0 Å². The second-order valence-corrected chi connectivity index (χ2v) is 5.07. The number of nitrogens with zero attached hydrogens (tertiary/aromatic N) is 1. The van der Waals surface area contributed by atoms with Gasteiger partial charge in [-0.05, 0) is 18.6 Å². The fourth-order valence-corrected chi connectivity index (χ4v) is 2.40. The first kappa shape index (κ1) is 18.1. The van der Waals surface area contributed by atoms with Gasteiger partial charge in [-0.2, -0.15) is 0 Å². The van der Waals surface area contributed by atoms with Gasteiger partial charge in [-0.3, -0.25) is 14.9 Å². The number of nitro benzene ring substituents is 1. The Kier molecular flexibility index (Phi) is 5.43. The molecule has 2 aromatic carbocycles. The van der Waals surface area contributed by atoms with Crippen LogP contribution in [0.25, 0.3) is 0 Å². The SMILES string of the molecule is COc1cc(C(=O)Nc2ccccc2C)c([N+](=O)[O-])c(OC)c1OC. The molecule has 0 aliphatic carbocycles. The Morgan fingerprint density at radius 3 is 2.24 bits per heavy atom. The van der Waals surface area contributed by atoms with E-state index in [1.165, 1.54) is 27.4 Å². The number of para-hydroxylation sites is 1. The van der Waals surface area contributed by atoms with E-state index in [-0.39, 0.29) is 22.8 Å². The number of benzene rings is 2. The molecule has 1 amide bonds. The maximum absolute atomic E-state index is 12.7. The van der Waals surface area contributed by atoms with Crippen LogP contribution in [0.5, 0.6) is 17.2 Å². The molecule has 0 bridgehead atoms. The molecule has 8 nitrogen and oxygen atoms in total. The summed E-state index contributed by atoms with van der Waals surface area (Å²) in [5.41, 5.74) is 0.690. The molecule has 0 spiro atoms. The maximum Gasteiger partial charge on any atom is 0.327 e. The molecule has 0 saturated carbocycles. The van der Waals surface area contributed by atoms with Crippen LogP contribution in [0.2, 0.25) is 0 Å². The van der Waals surface area contributed by atoms with Gasteiger partial charge in [-0.1, -0.05) is 18.2 Å². The van der Waals surface area contributed by atoms with Crippen molar-refractivity contribution < 1.29 is 23.9 Å². The Morgan fingerprint density at radius 2 is 1.72 bits per heavy atom. The lowest BCUT2D eigenvalue weighted by atomic mass is 10.1. The van der Waals surface area contributed by atoms with Crippen LogP contribution in [0.1, 0.15) is 15.9 Å². The summed E-state index contributed by atoms with van der Waals surface area (Å²) in [7, 11) is 3.96. The summed E-state index contributed by atoms with van der Waals surface area (Å²) < 4.78 is 15.4. The maximum atomic E-state index is 12.7. The summed E-state index contributed by atoms with van der Waals surface area (Å²) in [6, 6.07) is 8.36. The Morgan fingerprint density at radius 1 is 1.08 bits per heavy atom. The molecular formula is C17H18N2O6. The summed E-state index contributed by atoms with van der Waals surface area (Å²) in [6.45, 7) is 1.82. The first-order valence-corrected chi connectivity index (χ1v) is 7.28. The summed E-state index contributed by atoms with van der Waals surface area (Å²) >= 11 is 0. The Hall–Kier alpha value is -3.29. The zero-order valence-corrected chi connectivity index (χ0v) is 14.3. The molecule has 0 radical (unpaired) electrons. The van der Waals surface area contributed by atoms with Gasteiger partial charge in [0.1, 0.15) is 5.56 Å². The summed E-state index contributed by atoms with van der Waals surface area (Å²) in [5, 5.41) is 14.2. The van der Waals surface area contributed by atoms with Crippen LogP contribution in [0.15, 0.2) is 30.3 Å². The van der Waals surface area contributed by atoms with Crippen LogP contribution in [0.4, 0.5) is 11.4 Å². The van der Waals surface area contributed by atoms with Crippen molar-refractivity contribution in [3.05, 3.63) is 51.6 Å². The van der Waals surface area contributed by atoms with Crippen molar-refractivity contribution in [2.24, 2.45) is 0 Å². The lowest BCUT2D eigenvalue weighted by molar-refractivity contribution is -0.386. The number of rotatable bonds is 6. The summed E-state index contributed by atoms with van der Waals surface area (Å²) in [4.78, 5) is 23.5. The van der Waals surface area contributed by atoms with Crippen molar-refractivity contribution in [2.75, 3.05) is 26.6 Å². The number of amides is 1. The van der Waals surface area contributed by atoms with Crippen LogP contribution in [0.3, 0.4) is 0 Å². The smallest absolute Gasteiger partial charge is 0.327 e. The molecule has 2 rings (SSSR count). The molecule has 0 aliphatic rings. The van der Waals surface area contributed by atoms with Gasteiger partial charge in [0.15, 0.2) is 5.75 Å². The van der Waals surface area contributed by atoms with Crippen molar-refractivity contribution in [3.63, 3.8) is 0 Å². The van der Waals surface area contributed by atoms with Crippen LogP contribution < -0.4 is 19.5 Å². The number of carbonyl (C=O) groups is 1. The number of anilines is 1. The summed E-state index contributed by atoms with van der Waals surface area (Å²) in [5.74, 6) is -0.633. The fraction of sp³-hybridized carbons (Fsp3) is 0.235. The number of methoxy groups -OCH3 is 3. The van der Waals surface area contributed by atoms with E-state index < -0.39 is 16.5 Å². The highest BCUT2D eigenvalue weighted by atomic mass is 16.6. The van der Waals surface area contributed by atoms with Crippen molar-refractivity contribution in [2.45, 2.75) is 6.92 Å². The number of nitrogens with one attached hydrogen (secondary N) is 1. The lowest BCUT2D eigenvalue weighted by Crippen LogP contribution is -2.16. The molecular weight excluding hydrogens is 328 g/mol. The van der Waals surface area contributed by atoms with Crippen molar-refractivity contribution >= 4 is 17.3 Å². The largest absolute Gasteiger partial charge is 0.493 e. The second-order valence-electron chi connectivity index (χ2n) is 5.07. The van der Waals surface area contributed by atoms with Gasteiger partial charge >= 0.3 is 5.69 Å². The standard InChI is InChI=1S/C17H18N2O6/c1-10-7-5-6-8-12(10)18-17(20)11-9-13(23-2)15(24-3)16(25-4)14(11)19(21)22/h5-9H,1-4H3,(H,18,20).